The average molecular weight is 306 g/mol. The molecule has 3 rings (SSSR count). The Balaban J connectivity index is 1.74. The second-order valence-corrected chi connectivity index (χ2v) is 6.19. The van der Waals surface area contributed by atoms with Crippen LogP contribution in [0.1, 0.15) is 31.4 Å². The molecule has 0 bridgehead atoms. The van der Waals surface area contributed by atoms with Crippen LogP contribution in [0.2, 0.25) is 0 Å². The highest BCUT2D eigenvalue weighted by molar-refractivity contribution is 8.18. The number of carbonyl (C=O) groups is 1. The standard InChI is InChI=1S/C15H18N2O3S/c18-8-6-11-4-1-2-7-17(11)15-16-14(19)13(21-15)10-12-5-3-9-20-12/h3,5,9-11,18H,1-2,4,6-8H2. The lowest BCUT2D eigenvalue weighted by molar-refractivity contribution is -0.113. The van der Waals surface area contributed by atoms with Gasteiger partial charge in [-0.2, -0.15) is 4.99 Å². The molecule has 0 spiro atoms. The minimum atomic E-state index is -0.209. The van der Waals surface area contributed by atoms with Crippen LogP contribution in [-0.2, 0) is 4.79 Å². The van der Waals surface area contributed by atoms with E-state index in [2.05, 4.69) is 9.89 Å². The number of piperidine rings is 1. The molecule has 2 aliphatic rings. The van der Waals surface area contributed by atoms with E-state index < -0.39 is 0 Å². The van der Waals surface area contributed by atoms with Gasteiger partial charge in [0.05, 0.1) is 11.2 Å². The molecule has 1 amide bonds. The van der Waals surface area contributed by atoms with E-state index >= 15 is 0 Å². The van der Waals surface area contributed by atoms with Gasteiger partial charge in [0, 0.05) is 25.3 Å². The van der Waals surface area contributed by atoms with E-state index in [0.717, 1.165) is 31.0 Å². The number of hydrogen-bond donors (Lipinski definition) is 1. The molecule has 21 heavy (non-hydrogen) atoms. The SMILES string of the molecule is O=C1N=C(N2CCCCC2CCO)SC1=Cc1ccco1. The highest BCUT2D eigenvalue weighted by Gasteiger charge is 2.31. The Labute approximate surface area is 127 Å². The van der Waals surface area contributed by atoms with Crippen LogP contribution in [0.25, 0.3) is 6.08 Å². The summed E-state index contributed by atoms with van der Waals surface area (Å²) in [6.45, 7) is 1.07. The summed E-state index contributed by atoms with van der Waals surface area (Å²) >= 11 is 1.40. The van der Waals surface area contributed by atoms with E-state index in [0.29, 0.717) is 10.7 Å². The van der Waals surface area contributed by atoms with Gasteiger partial charge in [0.2, 0.25) is 0 Å². The maximum absolute atomic E-state index is 12.0. The molecule has 0 saturated carbocycles. The van der Waals surface area contributed by atoms with Gasteiger partial charge in [-0.15, -0.1) is 0 Å². The number of rotatable bonds is 3. The van der Waals surface area contributed by atoms with Crippen LogP contribution in [-0.4, -0.2) is 40.3 Å². The molecule has 5 nitrogen and oxygen atoms in total. The van der Waals surface area contributed by atoms with Gasteiger partial charge in [-0.25, -0.2) is 0 Å². The average Bonchev–Trinajstić information content (AvgIpc) is 3.11. The van der Waals surface area contributed by atoms with Crippen molar-refractivity contribution in [1.82, 2.24) is 4.90 Å². The topological polar surface area (TPSA) is 66.0 Å². The number of furan rings is 1. The van der Waals surface area contributed by atoms with Gasteiger partial charge in [0.25, 0.3) is 5.91 Å². The fourth-order valence-electron chi connectivity index (χ4n) is 2.72. The van der Waals surface area contributed by atoms with Crippen LogP contribution in [0.4, 0.5) is 0 Å². The van der Waals surface area contributed by atoms with Crippen molar-refractivity contribution in [3.8, 4) is 0 Å². The summed E-state index contributed by atoms with van der Waals surface area (Å²) in [5, 5.41) is 9.95. The first-order chi connectivity index (χ1) is 10.3. The monoisotopic (exact) mass is 306 g/mol. The van der Waals surface area contributed by atoms with Crippen molar-refractivity contribution in [3.05, 3.63) is 29.1 Å². The molecular formula is C15H18N2O3S. The zero-order chi connectivity index (χ0) is 14.7. The predicted octanol–water partition coefficient (Wildman–Crippen LogP) is 2.49. The maximum atomic E-state index is 12.0. The second kappa shape index (κ2) is 6.49. The van der Waals surface area contributed by atoms with E-state index in [4.69, 9.17) is 4.42 Å². The molecule has 1 N–H and O–H groups in total. The lowest BCUT2D eigenvalue weighted by Gasteiger charge is -2.36. The number of aliphatic hydroxyl groups excluding tert-OH is 1. The Kier molecular flexibility index (Phi) is 4.45. The number of amides is 1. The highest BCUT2D eigenvalue weighted by atomic mass is 32.2. The molecule has 1 atom stereocenters. The van der Waals surface area contributed by atoms with Gasteiger partial charge < -0.3 is 14.4 Å². The Bertz CT molecular complexity index is 563. The van der Waals surface area contributed by atoms with Crippen LogP contribution in [0.3, 0.4) is 0 Å². The first-order valence-electron chi connectivity index (χ1n) is 7.21. The van der Waals surface area contributed by atoms with Crippen LogP contribution < -0.4 is 0 Å². The number of aliphatic imine (C=N–C) groups is 1. The summed E-state index contributed by atoms with van der Waals surface area (Å²) in [5.41, 5.74) is 0. The molecule has 112 valence electrons. The van der Waals surface area contributed by atoms with Gasteiger partial charge in [0.15, 0.2) is 5.17 Å². The molecule has 1 saturated heterocycles. The van der Waals surface area contributed by atoms with E-state index in [9.17, 15) is 9.90 Å². The van der Waals surface area contributed by atoms with Gasteiger partial charge in [-0.1, -0.05) is 0 Å². The number of likely N-dealkylation sites (tertiary alicyclic amines) is 1. The number of aliphatic hydroxyl groups is 1. The smallest absolute Gasteiger partial charge is 0.286 e. The number of thioether (sulfide) groups is 1. The fraction of sp³-hybridized carbons (Fsp3) is 0.467. The zero-order valence-electron chi connectivity index (χ0n) is 11.7. The highest BCUT2D eigenvalue weighted by Crippen LogP contribution is 2.33. The lowest BCUT2D eigenvalue weighted by Crippen LogP contribution is -2.42. The molecule has 2 aliphatic heterocycles. The molecule has 1 aromatic heterocycles. The summed E-state index contributed by atoms with van der Waals surface area (Å²) in [6, 6.07) is 3.89. The summed E-state index contributed by atoms with van der Waals surface area (Å²) in [4.78, 5) is 19.0. The van der Waals surface area contributed by atoms with Crippen molar-refractivity contribution in [2.24, 2.45) is 4.99 Å². The molecular weight excluding hydrogens is 288 g/mol. The van der Waals surface area contributed by atoms with Crippen molar-refractivity contribution in [2.75, 3.05) is 13.2 Å². The first-order valence-corrected chi connectivity index (χ1v) is 8.03. The van der Waals surface area contributed by atoms with E-state index in [-0.39, 0.29) is 18.6 Å². The third kappa shape index (κ3) is 3.22. The molecule has 1 unspecified atom stereocenters. The maximum Gasteiger partial charge on any atom is 0.286 e. The number of hydrogen-bond acceptors (Lipinski definition) is 5. The van der Waals surface area contributed by atoms with Crippen molar-refractivity contribution in [3.63, 3.8) is 0 Å². The molecule has 3 heterocycles. The van der Waals surface area contributed by atoms with E-state index in [1.807, 2.05) is 6.07 Å². The minimum Gasteiger partial charge on any atom is -0.465 e. The van der Waals surface area contributed by atoms with Crippen molar-refractivity contribution < 1.29 is 14.3 Å². The van der Waals surface area contributed by atoms with Crippen molar-refractivity contribution in [1.29, 1.82) is 0 Å². The quantitative estimate of drug-likeness (QED) is 0.869. The summed E-state index contributed by atoms with van der Waals surface area (Å²) in [7, 11) is 0. The molecule has 6 heteroatoms. The minimum absolute atomic E-state index is 0.169. The Morgan fingerprint density at radius 3 is 3.19 bits per heavy atom. The Morgan fingerprint density at radius 1 is 1.52 bits per heavy atom. The summed E-state index contributed by atoms with van der Waals surface area (Å²) in [6.07, 6.45) is 7.36. The van der Waals surface area contributed by atoms with Gasteiger partial charge >= 0.3 is 0 Å². The molecule has 0 aromatic carbocycles. The normalized spacial score (nSPS) is 24.7. The summed E-state index contributed by atoms with van der Waals surface area (Å²) in [5.74, 6) is 0.451. The van der Waals surface area contributed by atoms with Crippen LogP contribution >= 0.6 is 11.8 Å². The Morgan fingerprint density at radius 2 is 2.43 bits per heavy atom. The second-order valence-electron chi connectivity index (χ2n) is 5.18. The fourth-order valence-corrected chi connectivity index (χ4v) is 3.72. The van der Waals surface area contributed by atoms with Crippen LogP contribution in [0, 0.1) is 0 Å². The predicted molar refractivity (Wildman–Crippen MR) is 82.8 cm³/mol. The Hall–Kier alpha value is -1.53. The van der Waals surface area contributed by atoms with Gasteiger partial charge in [0.1, 0.15) is 5.76 Å². The number of amidine groups is 1. The third-order valence-corrected chi connectivity index (χ3v) is 4.78. The van der Waals surface area contributed by atoms with E-state index in [1.165, 1.54) is 18.2 Å². The van der Waals surface area contributed by atoms with Crippen LogP contribution in [0.5, 0.6) is 0 Å². The third-order valence-electron chi connectivity index (χ3n) is 3.76. The molecule has 0 aliphatic carbocycles. The molecule has 0 radical (unpaired) electrons. The van der Waals surface area contributed by atoms with Gasteiger partial charge in [-0.05, 0) is 49.6 Å². The first kappa shape index (κ1) is 14.4. The number of carbonyl (C=O) groups excluding carboxylic acids is 1. The van der Waals surface area contributed by atoms with E-state index in [1.54, 1.807) is 18.4 Å². The van der Waals surface area contributed by atoms with Crippen molar-refractivity contribution >= 4 is 28.9 Å². The zero-order valence-corrected chi connectivity index (χ0v) is 12.5. The molecule has 1 fully saturated rings. The van der Waals surface area contributed by atoms with Gasteiger partial charge in [-0.3, -0.25) is 4.79 Å². The molecule has 1 aromatic rings. The number of nitrogens with zero attached hydrogens (tertiary/aromatic N) is 2. The van der Waals surface area contributed by atoms with Crippen molar-refractivity contribution in [2.45, 2.75) is 31.7 Å². The van der Waals surface area contributed by atoms with Crippen LogP contribution in [0.15, 0.2) is 32.7 Å². The summed E-state index contributed by atoms with van der Waals surface area (Å²) < 4.78 is 5.24. The lowest BCUT2D eigenvalue weighted by atomic mass is 10.0. The largest absolute Gasteiger partial charge is 0.465 e.